The van der Waals surface area contributed by atoms with Gasteiger partial charge in [0.1, 0.15) is 0 Å². The quantitative estimate of drug-likeness (QED) is 0.517. The monoisotopic (exact) mass is 350 g/mol. The second-order valence-electron chi connectivity index (χ2n) is 5.98. The second-order valence-corrected chi connectivity index (χ2v) is 5.98. The minimum atomic E-state index is -0.616. The van der Waals surface area contributed by atoms with E-state index in [1.54, 1.807) is 31.2 Å². The van der Waals surface area contributed by atoms with Crippen molar-refractivity contribution in [2.75, 3.05) is 0 Å². The second kappa shape index (κ2) is 7.31. The molecule has 6 heteroatoms. The van der Waals surface area contributed by atoms with E-state index in [0.717, 1.165) is 11.1 Å². The number of carbonyl (C=O) groups excluding carboxylic acids is 2. The first-order valence-corrected chi connectivity index (χ1v) is 8.13. The van der Waals surface area contributed by atoms with Crippen LogP contribution in [0.5, 0.6) is 0 Å². The molecule has 0 fully saturated rings. The van der Waals surface area contributed by atoms with Gasteiger partial charge in [-0.3, -0.25) is 4.79 Å². The van der Waals surface area contributed by atoms with Crippen LogP contribution in [0.25, 0.3) is 0 Å². The molecule has 0 aliphatic rings. The van der Waals surface area contributed by atoms with E-state index < -0.39 is 5.97 Å². The van der Waals surface area contributed by atoms with Crippen molar-refractivity contribution in [2.24, 2.45) is 0 Å². The standard InChI is InChI=1S/C20H18N2O4/c1-12-8-9-13(2)17(10-12)19(23)15-6-4-5-7-16(15)20(24)25-11-18-22-21-14(3)26-18/h4-10H,11H2,1-3H3. The van der Waals surface area contributed by atoms with Gasteiger partial charge >= 0.3 is 5.97 Å². The normalized spacial score (nSPS) is 10.6. The lowest BCUT2D eigenvalue weighted by Gasteiger charge is -2.10. The summed E-state index contributed by atoms with van der Waals surface area (Å²) in [6.07, 6.45) is 0. The molecule has 0 N–H and O–H groups in total. The Kier molecular flexibility index (Phi) is 4.93. The highest BCUT2D eigenvalue weighted by Crippen LogP contribution is 2.20. The number of rotatable bonds is 5. The minimum absolute atomic E-state index is 0.147. The number of carbonyl (C=O) groups is 2. The fraction of sp³-hybridized carbons (Fsp3) is 0.200. The van der Waals surface area contributed by atoms with E-state index in [1.165, 1.54) is 0 Å². The third kappa shape index (κ3) is 3.69. The zero-order valence-corrected chi connectivity index (χ0v) is 14.8. The Bertz CT molecular complexity index is 975. The van der Waals surface area contributed by atoms with Crippen LogP contribution in [0, 0.1) is 20.8 Å². The summed E-state index contributed by atoms with van der Waals surface area (Å²) in [6.45, 7) is 5.29. The highest BCUT2D eigenvalue weighted by Gasteiger charge is 2.21. The Labute approximate surface area is 150 Å². The van der Waals surface area contributed by atoms with Crippen LogP contribution in [-0.2, 0) is 11.3 Å². The number of aromatic nitrogens is 2. The lowest BCUT2D eigenvalue weighted by Crippen LogP contribution is -2.13. The van der Waals surface area contributed by atoms with Crippen LogP contribution in [0.4, 0.5) is 0 Å². The molecule has 1 heterocycles. The summed E-state index contributed by atoms with van der Waals surface area (Å²) in [5, 5.41) is 7.46. The van der Waals surface area contributed by atoms with E-state index in [0.29, 0.717) is 17.0 Å². The first-order chi connectivity index (χ1) is 12.5. The molecule has 0 aliphatic carbocycles. The lowest BCUT2D eigenvalue weighted by atomic mass is 9.94. The molecule has 1 aromatic heterocycles. The largest absolute Gasteiger partial charge is 0.452 e. The predicted molar refractivity (Wildman–Crippen MR) is 93.9 cm³/mol. The van der Waals surface area contributed by atoms with Crippen molar-refractivity contribution in [1.29, 1.82) is 0 Å². The molecule has 2 aromatic carbocycles. The summed E-state index contributed by atoms with van der Waals surface area (Å²) < 4.78 is 10.4. The van der Waals surface area contributed by atoms with Crippen molar-refractivity contribution < 1.29 is 18.7 Å². The molecule has 0 saturated heterocycles. The molecule has 0 saturated carbocycles. The lowest BCUT2D eigenvalue weighted by molar-refractivity contribution is 0.0434. The summed E-state index contributed by atoms with van der Waals surface area (Å²) in [5.41, 5.74) is 2.90. The first-order valence-electron chi connectivity index (χ1n) is 8.13. The number of benzene rings is 2. The molecule has 0 spiro atoms. The average molecular weight is 350 g/mol. The van der Waals surface area contributed by atoms with Gasteiger partial charge < -0.3 is 9.15 Å². The van der Waals surface area contributed by atoms with Crippen molar-refractivity contribution in [2.45, 2.75) is 27.4 Å². The Morgan fingerprint density at radius 2 is 1.69 bits per heavy atom. The maximum absolute atomic E-state index is 13.0. The van der Waals surface area contributed by atoms with Gasteiger partial charge in [-0.05, 0) is 31.5 Å². The van der Waals surface area contributed by atoms with Crippen LogP contribution in [0.15, 0.2) is 46.9 Å². The Balaban J connectivity index is 1.86. The van der Waals surface area contributed by atoms with Crippen molar-refractivity contribution in [3.05, 3.63) is 82.1 Å². The molecule has 0 atom stereocenters. The zero-order chi connectivity index (χ0) is 18.7. The number of ketones is 1. The predicted octanol–water partition coefficient (Wildman–Crippen LogP) is 3.58. The number of aryl methyl sites for hydroxylation is 3. The van der Waals surface area contributed by atoms with Crippen LogP contribution in [0.3, 0.4) is 0 Å². The van der Waals surface area contributed by atoms with Crippen LogP contribution >= 0.6 is 0 Å². The van der Waals surface area contributed by atoms with Crippen molar-refractivity contribution >= 4 is 11.8 Å². The average Bonchev–Trinajstić information content (AvgIpc) is 3.06. The molecule has 6 nitrogen and oxygen atoms in total. The van der Waals surface area contributed by atoms with E-state index in [1.807, 2.05) is 32.0 Å². The van der Waals surface area contributed by atoms with Gasteiger partial charge in [-0.25, -0.2) is 4.79 Å². The van der Waals surface area contributed by atoms with Gasteiger partial charge in [0.05, 0.1) is 5.56 Å². The molecule has 26 heavy (non-hydrogen) atoms. The van der Waals surface area contributed by atoms with Crippen LogP contribution in [0.2, 0.25) is 0 Å². The maximum atomic E-state index is 13.0. The smallest absolute Gasteiger partial charge is 0.339 e. The van der Waals surface area contributed by atoms with Crippen LogP contribution in [-0.4, -0.2) is 21.9 Å². The molecule has 3 rings (SSSR count). The third-order valence-electron chi connectivity index (χ3n) is 3.92. The molecule has 0 amide bonds. The molecule has 0 bridgehead atoms. The van der Waals surface area contributed by atoms with Gasteiger partial charge in [0.25, 0.3) is 5.89 Å². The van der Waals surface area contributed by atoms with Gasteiger partial charge in [0.15, 0.2) is 12.4 Å². The van der Waals surface area contributed by atoms with Crippen LogP contribution < -0.4 is 0 Å². The third-order valence-corrected chi connectivity index (χ3v) is 3.92. The van der Waals surface area contributed by atoms with Crippen molar-refractivity contribution in [1.82, 2.24) is 10.2 Å². The number of ether oxygens (including phenoxy) is 1. The van der Waals surface area contributed by atoms with Gasteiger partial charge in [-0.15, -0.1) is 10.2 Å². The van der Waals surface area contributed by atoms with Crippen LogP contribution in [0.1, 0.15) is 49.2 Å². The molecule has 0 aliphatic heterocycles. The van der Waals surface area contributed by atoms with Gasteiger partial charge in [0.2, 0.25) is 5.89 Å². The van der Waals surface area contributed by atoms with Crippen molar-refractivity contribution in [3.8, 4) is 0 Å². The molecule has 0 unspecified atom stereocenters. The number of hydrogen-bond donors (Lipinski definition) is 0. The molecule has 132 valence electrons. The van der Waals surface area contributed by atoms with Gasteiger partial charge in [0, 0.05) is 18.1 Å². The number of nitrogens with zero attached hydrogens (tertiary/aromatic N) is 2. The number of esters is 1. The van der Waals surface area contributed by atoms with E-state index >= 15 is 0 Å². The van der Waals surface area contributed by atoms with Gasteiger partial charge in [-0.1, -0.05) is 35.9 Å². The SMILES string of the molecule is Cc1ccc(C)c(C(=O)c2ccccc2C(=O)OCc2nnc(C)o2)c1. The highest BCUT2D eigenvalue weighted by atomic mass is 16.5. The summed E-state index contributed by atoms with van der Waals surface area (Å²) in [6, 6.07) is 12.3. The minimum Gasteiger partial charge on any atom is -0.452 e. The molecular weight excluding hydrogens is 332 g/mol. The van der Waals surface area contributed by atoms with E-state index in [4.69, 9.17) is 9.15 Å². The molecule has 3 aromatic rings. The summed E-state index contributed by atoms with van der Waals surface area (Å²) in [7, 11) is 0. The van der Waals surface area contributed by atoms with E-state index in [9.17, 15) is 9.59 Å². The first kappa shape index (κ1) is 17.5. The fourth-order valence-corrected chi connectivity index (χ4v) is 2.59. The fourth-order valence-electron chi connectivity index (χ4n) is 2.59. The maximum Gasteiger partial charge on any atom is 0.339 e. The van der Waals surface area contributed by atoms with E-state index in [-0.39, 0.29) is 23.8 Å². The van der Waals surface area contributed by atoms with Gasteiger partial charge in [-0.2, -0.15) is 0 Å². The molecule has 0 radical (unpaired) electrons. The van der Waals surface area contributed by atoms with Crippen molar-refractivity contribution in [3.63, 3.8) is 0 Å². The van der Waals surface area contributed by atoms with E-state index in [2.05, 4.69) is 10.2 Å². The summed E-state index contributed by atoms with van der Waals surface area (Å²) >= 11 is 0. The number of hydrogen-bond acceptors (Lipinski definition) is 6. The topological polar surface area (TPSA) is 82.3 Å². The Hall–Kier alpha value is -3.28. The summed E-state index contributed by atoms with van der Waals surface area (Å²) in [4.78, 5) is 25.4. The Morgan fingerprint density at radius 3 is 2.38 bits per heavy atom. The molecular formula is C20H18N2O4. The zero-order valence-electron chi connectivity index (χ0n) is 14.8. The summed E-state index contributed by atoms with van der Waals surface area (Å²) in [5.74, 6) is -0.238. The highest BCUT2D eigenvalue weighted by molar-refractivity contribution is 6.15. The Morgan fingerprint density at radius 1 is 0.962 bits per heavy atom.